The molecule has 0 aliphatic heterocycles. The minimum Gasteiger partial charge on any atom is -0.487 e. The summed E-state index contributed by atoms with van der Waals surface area (Å²) in [4.78, 5) is 12.7. The molecule has 0 fully saturated rings. The van der Waals surface area contributed by atoms with Crippen molar-refractivity contribution in [1.82, 2.24) is 9.78 Å². The van der Waals surface area contributed by atoms with Crippen LogP contribution in [0, 0.1) is 11.6 Å². The van der Waals surface area contributed by atoms with Crippen LogP contribution in [0.15, 0.2) is 85.1 Å². The summed E-state index contributed by atoms with van der Waals surface area (Å²) >= 11 is 0. The number of aromatic nitrogens is 2. The lowest BCUT2D eigenvalue weighted by atomic mass is 10.1. The Morgan fingerprint density at radius 1 is 0.871 bits per heavy atom. The van der Waals surface area contributed by atoms with Gasteiger partial charge in [-0.3, -0.25) is 0 Å². The second-order valence-electron chi connectivity index (χ2n) is 6.59. The molecule has 4 aromatic rings. The molecule has 0 saturated heterocycles. The van der Waals surface area contributed by atoms with Crippen LogP contribution in [-0.4, -0.2) is 29.0 Å². The molecular weight excluding hydrogens is 402 g/mol. The van der Waals surface area contributed by atoms with E-state index in [1.807, 2.05) is 30.3 Å². The highest BCUT2D eigenvalue weighted by atomic mass is 19.1. The van der Waals surface area contributed by atoms with E-state index in [0.717, 1.165) is 5.69 Å². The molecule has 4 rings (SSSR count). The number of halogens is 2. The Balaban J connectivity index is 1.52. The molecule has 0 amide bonds. The number of para-hydroxylation sites is 2. The van der Waals surface area contributed by atoms with Gasteiger partial charge in [0.2, 0.25) is 0 Å². The monoisotopic (exact) mass is 420 g/mol. The predicted molar refractivity (Wildman–Crippen MR) is 111 cm³/mol. The quantitative estimate of drug-likeness (QED) is 0.310. The molecule has 0 spiro atoms. The maximum atomic E-state index is 13.6. The minimum atomic E-state index is -0.612. The standard InChI is InChI=1S/C24H18F2N2O3/c25-18-12-10-17(11-13-18)23-20(16-28(27-23)19-6-2-1-3-7-19)24(29)31-15-14-30-22-9-5-4-8-21(22)26/h1-13,16H,14-15H2. The highest BCUT2D eigenvalue weighted by molar-refractivity contribution is 5.96. The van der Waals surface area contributed by atoms with E-state index in [4.69, 9.17) is 9.47 Å². The fraction of sp³-hybridized carbons (Fsp3) is 0.0833. The predicted octanol–water partition coefficient (Wildman–Crippen LogP) is 5.05. The van der Waals surface area contributed by atoms with E-state index in [1.165, 1.54) is 24.3 Å². The van der Waals surface area contributed by atoms with Crippen molar-refractivity contribution in [3.05, 3.63) is 102 Å². The van der Waals surface area contributed by atoms with Gasteiger partial charge in [-0.25, -0.2) is 18.3 Å². The molecule has 0 unspecified atom stereocenters. The van der Waals surface area contributed by atoms with Crippen LogP contribution in [0.4, 0.5) is 8.78 Å². The largest absolute Gasteiger partial charge is 0.487 e. The number of carbonyl (C=O) groups excluding carboxylic acids is 1. The van der Waals surface area contributed by atoms with Crippen molar-refractivity contribution in [2.24, 2.45) is 0 Å². The highest BCUT2D eigenvalue weighted by Gasteiger charge is 2.20. The van der Waals surface area contributed by atoms with Crippen molar-refractivity contribution < 1.29 is 23.0 Å². The first-order chi connectivity index (χ1) is 15.1. The van der Waals surface area contributed by atoms with Crippen molar-refractivity contribution in [3.63, 3.8) is 0 Å². The highest BCUT2D eigenvalue weighted by Crippen LogP contribution is 2.25. The van der Waals surface area contributed by atoms with E-state index in [9.17, 15) is 13.6 Å². The molecule has 0 atom stereocenters. The normalized spacial score (nSPS) is 10.6. The minimum absolute atomic E-state index is 0.00855. The van der Waals surface area contributed by atoms with Gasteiger partial charge in [-0.1, -0.05) is 30.3 Å². The molecule has 0 radical (unpaired) electrons. The number of rotatable bonds is 7. The summed E-state index contributed by atoms with van der Waals surface area (Å²) < 4.78 is 39.1. The Morgan fingerprint density at radius 3 is 2.32 bits per heavy atom. The maximum absolute atomic E-state index is 13.6. The number of nitrogens with zero attached hydrogens (tertiary/aromatic N) is 2. The van der Waals surface area contributed by atoms with Gasteiger partial charge >= 0.3 is 5.97 Å². The molecule has 1 heterocycles. The molecule has 7 heteroatoms. The number of ether oxygens (including phenoxy) is 2. The number of hydrogen-bond donors (Lipinski definition) is 0. The first-order valence-electron chi connectivity index (χ1n) is 9.57. The second kappa shape index (κ2) is 9.21. The van der Waals surface area contributed by atoms with E-state index in [1.54, 1.807) is 35.1 Å². The summed E-state index contributed by atoms with van der Waals surface area (Å²) in [5, 5.41) is 4.50. The fourth-order valence-corrected chi connectivity index (χ4v) is 2.98. The summed E-state index contributed by atoms with van der Waals surface area (Å²) in [6.45, 7) is -0.0854. The van der Waals surface area contributed by atoms with E-state index in [-0.39, 0.29) is 30.3 Å². The summed E-state index contributed by atoms with van der Waals surface area (Å²) in [5.41, 5.74) is 1.92. The molecule has 31 heavy (non-hydrogen) atoms. The van der Waals surface area contributed by atoms with Gasteiger partial charge in [0.1, 0.15) is 30.3 Å². The molecule has 0 saturated carbocycles. The second-order valence-corrected chi connectivity index (χ2v) is 6.59. The SMILES string of the molecule is O=C(OCCOc1ccccc1F)c1cn(-c2ccccc2)nc1-c1ccc(F)cc1. The lowest BCUT2D eigenvalue weighted by Gasteiger charge is -2.08. The number of benzene rings is 3. The lowest BCUT2D eigenvalue weighted by molar-refractivity contribution is 0.0449. The fourth-order valence-electron chi connectivity index (χ4n) is 2.98. The molecule has 3 aromatic carbocycles. The zero-order valence-corrected chi connectivity index (χ0v) is 16.4. The van der Waals surface area contributed by atoms with Crippen LogP contribution in [0.2, 0.25) is 0 Å². The van der Waals surface area contributed by atoms with E-state index >= 15 is 0 Å². The van der Waals surface area contributed by atoms with Gasteiger partial charge in [0.05, 0.1) is 5.69 Å². The van der Waals surface area contributed by atoms with Crippen molar-refractivity contribution in [3.8, 4) is 22.7 Å². The van der Waals surface area contributed by atoms with E-state index in [2.05, 4.69) is 5.10 Å². The zero-order chi connectivity index (χ0) is 21.6. The average Bonchev–Trinajstić information content (AvgIpc) is 3.24. The van der Waals surface area contributed by atoms with Crippen molar-refractivity contribution in [2.45, 2.75) is 0 Å². The molecular formula is C24H18F2N2O3. The Labute approximate surface area is 177 Å². The topological polar surface area (TPSA) is 53.4 Å². The summed E-state index contributed by atoms with van der Waals surface area (Å²) in [7, 11) is 0. The first kappa shape index (κ1) is 20.3. The van der Waals surface area contributed by atoms with E-state index in [0.29, 0.717) is 11.3 Å². The van der Waals surface area contributed by atoms with Gasteiger partial charge in [-0.05, 0) is 48.5 Å². The smallest absolute Gasteiger partial charge is 0.342 e. The Hall–Kier alpha value is -4.00. The average molecular weight is 420 g/mol. The van der Waals surface area contributed by atoms with Crippen LogP contribution in [0.1, 0.15) is 10.4 Å². The maximum Gasteiger partial charge on any atom is 0.342 e. The van der Waals surface area contributed by atoms with Crippen LogP contribution in [0.5, 0.6) is 5.75 Å². The number of esters is 1. The van der Waals surface area contributed by atoms with Crippen LogP contribution in [-0.2, 0) is 4.74 Å². The summed E-state index contributed by atoms with van der Waals surface area (Å²) in [6.07, 6.45) is 1.56. The molecule has 0 bridgehead atoms. The van der Waals surface area contributed by atoms with Crippen molar-refractivity contribution in [1.29, 1.82) is 0 Å². The first-order valence-corrected chi connectivity index (χ1v) is 9.57. The summed E-state index contributed by atoms with van der Waals surface area (Å²) in [6, 6.07) is 21.0. The van der Waals surface area contributed by atoms with Gasteiger partial charge in [-0.2, -0.15) is 5.10 Å². The van der Waals surface area contributed by atoms with Crippen LogP contribution < -0.4 is 4.74 Å². The third kappa shape index (κ3) is 4.78. The van der Waals surface area contributed by atoms with Crippen molar-refractivity contribution >= 4 is 5.97 Å². The zero-order valence-electron chi connectivity index (χ0n) is 16.4. The van der Waals surface area contributed by atoms with Gasteiger partial charge in [0, 0.05) is 11.8 Å². The van der Waals surface area contributed by atoms with Crippen LogP contribution >= 0.6 is 0 Å². The molecule has 5 nitrogen and oxygen atoms in total. The van der Waals surface area contributed by atoms with Gasteiger partial charge in [-0.15, -0.1) is 0 Å². The molecule has 156 valence electrons. The molecule has 1 aromatic heterocycles. The van der Waals surface area contributed by atoms with Gasteiger partial charge < -0.3 is 9.47 Å². The van der Waals surface area contributed by atoms with Crippen molar-refractivity contribution in [2.75, 3.05) is 13.2 Å². The lowest BCUT2D eigenvalue weighted by Crippen LogP contribution is -2.13. The van der Waals surface area contributed by atoms with E-state index < -0.39 is 11.8 Å². The summed E-state index contributed by atoms with van der Waals surface area (Å²) in [5.74, 6) is -1.40. The molecule has 0 aliphatic rings. The number of carbonyl (C=O) groups is 1. The third-order valence-corrected chi connectivity index (χ3v) is 4.48. The van der Waals surface area contributed by atoms with Gasteiger partial charge in [0.15, 0.2) is 11.6 Å². The third-order valence-electron chi connectivity index (χ3n) is 4.48. The Morgan fingerprint density at radius 2 is 1.58 bits per heavy atom. The molecule has 0 N–H and O–H groups in total. The van der Waals surface area contributed by atoms with Crippen LogP contribution in [0.25, 0.3) is 16.9 Å². The van der Waals surface area contributed by atoms with Crippen LogP contribution in [0.3, 0.4) is 0 Å². The van der Waals surface area contributed by atoms with Gasteiger partial charge in [0.25, 0.3) is 0 Å². The Kier molecular flexibility index (Phi) is 6.03. The molecule has 0 aliphatic carbocycles. The number of hydrogen-bond acceptors (Lipinski definition) is 4. The Bertz CT molecular complexity index is 1180.